The lowest BCUT2D eigenvalue weighted by atomic mass is 10.4. The van der Waals surface area contributed by atoms with E-state index in [4.69, 9.17) is 4.74 Å². The van der Waals surface area contributed by atoms with Crippen LogP contribution in [0.15, 0.2) is 4.99 Å². The number of nitrogens with one attached hydrogen (secondary N) is 2. The van der Waals surface area contributed by atoms with Crippen molar-refractivity contribution in [1.29, 1.82) is 0 Å². The third kappa shape index (κ3) is 10.4. The molecule has 0 aliphatic heterocycles. The van der Waals surface area contributed by atoms with Crippen LogP contribution in [-0.2, 0) is 21.0 Å². The van der Waals surface area contributed by atoms with E-state index in [2.05, 4.69) is 27.5 Å². The second kappa shape index (κ2) is 12.0. The van der Waals surface area contributed by atoms with Gasteiger partial charge in [0.2, 0.25) is 0 Å². The second-order valence-corrected chi connectivity index (χ2v) is 8.71. The fourth-order valence-electron chi connectivity index (χ4n) is 1.71. The van der Waals surface area contributed by atoms with Crippen molar-refractivity contribution in [3.63, 3.8) is 0 Å². The van der Waals surface area contributed by atoms with E-state index in [0.717, 1.165) is 23.7 Å². The number of aromatic nitrogens is 1. The molecular weight excluding hydrogens is 463 g/mol. The first-order valence-electron chi connectivity index (χ1n) is 7.44. The van der Waals surface area contributed by atoms with Gasteiger partial charge >= 0.3 is 0 Å². The summed E-state index contributed by atoms with van der Waals surface area (Å²) in [6.45, 7) is 6.07. The largest absolute Gasteiger partial charge is 0.379 e. The van der Waals surface area contributed by atoms with Crippen molar-refractivity contribution in [3.05, 3.63) is 15.6 Å². The quantitative estimate of drug-likeness (QED) is 0.234. The van der Waals surface area contributed by atoms with Gasteiger partial charge in [-0.2, -0.15) is 0 Å². The van der Waals surface area contributed by atoms with Gasteiger partial charge < -0.3 is 15.4 Å². The second-order valence-electron chi connectivity index (χ2n) is 5.17. The van der Waals surface area contributed by atoms with Gasteiger partial charge in [-0.25, -0.2) is 13.4 Å². The molecular formula is C14H27IN4O3S2. The van der Waals surface area contributed by atoms with Crippen molar-refractivity contribution in [3.8, 4) is 0 Å². The van der Waals surface area contributed by atoms with Crippen molar-refractivity contribution in [1.82, 2.24) is 15.6 Å². The summed E-state index contributed by atoms with van der Waals surface area (Å²) in [6, 6.07) is 0. The highest BCUT2D eigenvalue weighted by atomic mass is 127. The molecule has 0 atom stereocenters. The van der Waals surface area contributed by atoms with E-state index in [0.29, 0.717) is 19.1 Å². The van der Waals surface area contributed by atoms with Gasteiger partial charge in [-0.05, 0) is 13.8 Å². The Morgan fingerprint density at radius 1 is 1.25 bits per heavy atom. The highest BCUT2D eigenvalue weighted by molar-refractivity contribution is 14.0. The highest BCUT2D eigenvalue weighted by Crippen LogP contribution is 2.16. The summed E-state index contributed by atoms with van der Waals surface area (Å²) in [7, 11) is -1.25. The highest BCUT2D eigenvalue weighted by Gasteiger charge is 2.04. The third-order valence-corrected chi connectivity index (χ3v) is 5.11. The van der Waals surface area contributed by atoms with Crippen molar-refractivity contribution in [2.24, 2.45) is 4.99 Å². The maximum atomic E-state index is 10.9. The van der Waals surface area contributed by atoms with Gasteiger partial charge in [0.15, 0.2) is 5.96 Å². The molecule has 0 aliphatic carbocycles. The van der Waals surface area contributed by atoms with Crippen molar-refractivity contribution in [2.45, 2.75) is 20.3 Å². The minimum atomic E-state index is -2.96. The molecule has 0 aliphatic rings. The van der Waals surface area contributed by atoms with Crippen LogP contribution in [0.1, 0.15) is 15.6 Å². The Hall–Kier alpha value is -0.460. The van der Waals surface area contributed by atoms with E-state index in [-0.39, 0.29) is 36.3 Å². The van der Waals surface area contributed by atoms with Gasteiger partial charge in [-0.3, -0.25) is 4.99 Å². The van der Waals surface area contributed by atoms with Crippen LogP contribution >= 0.6 is 35.3 Å². The van der Waals surface area contributed by atoms with E-state index < -0.39 is 9.84 Å². The zero-order valence-electron chi connectivity index (χ0n) is 14.6. The summed E-state index contributed by atoms with van der Waals surface area (Å²) in [5.74, 6) is 0.744. The van der Waals surface area contributed by atoms with Crippen LogP contribution in [-0.4, -0.2) is 64.7 Å². The van der Waals surface area contributed by atoms with Crippen LogP contribution in [0.3, 0.4) is 0 Å². The number of guanidine groups is 1. The van der Waals surface area contributed by atoms with Gasteiger partial charge in [0.05, 0.1) is 29.7 Å². The zero-order valence-corrected chi connectivity index (χ0v) is 18.5. The Kier molecular flexibility index (Phi) is 11.8. The van der Waals surface area contributed by atoms with Gasteiger partial charge in [0.25, 0.3) is 0 Å². The van der Waals surface area contributed by atoms with Crippen LogP contribution in [0, 0.1) is 13.8 Å². The first-order valence-corrected chi connectivity index (χ1v) is 10.3. The molecule has 2 N–H and O–H groups in total. The minimum Gasteiger partial charge on any atom is -0.379 e. The van der Waals surface area contributed by atoms with Crippen LogP contribution in [0.25, 0.3) is 0 Å². The SMILES string of the molecule is CN=C(NCCOCCS(C)(=O)=O)NCCc1nc(C)c(C)s1.I. The lowest BCUT2D eigenvalue weighted by Crippen LogP contribution is -2.39. The maximum Gasteiger partial charge on any atom is 0.191 e. The Balaban J connectivity index is 0.00000529. The molecule has 0 spiro atoms. The lowest BCUT2D eigenvalue weighted by Gasteiger charge is -2.11. The van der Waals surface area contributed by atoms with Gasteiger partial charge in [-0.15, -0.1) is 35.3 Å². The summed E-state index contributed by atoms with van der Waals surface area (Å²) < 4.78 is 27.2. The average molecular weight is 490 g/mol. The fraction of sp³-hybridized carbons (Fsp3) is 0.714. The number of rotatable bonds is 9. The smallest absolute Gasteiger partial charge is 0.191 e. The summed E-state index contributed by atoms with van der Waals surface area (Å²) >= 11 is 1.72. The zero-order chi connectivity index (χ0) is 17.3. The summed E-state index contributed by atoms with van der Waals surface area (Å²) in [4.78, 5) is 9.88. The molecule has 0 saturated heterocycles. The number of aliphatic imine (C=N–C) groups is 1. The number of hydrogen-bond acceptors (Lipinski definition) is 6. The van der Waals surface area contributed by atoms with E-state index in [9.17, 15) is 8.42 Å². The van der Waals surface area contributed by atoms with Gasteiger partial charge in [0.1, 0.15) is 9.84 Å². The summed E-state index contributed by atoms with van der Waals surface area (Å²) in [5.41, 5.74) is 1.10. The lowest BCUT2D eigenvalue weighted by molar-refractivity contribution is 0.154. The van der Waals surface area contributed by atoms with Crippen LogP contribution < -0.4 is 10.6 Å². The monoisotopic (exact) mass is 490 g/mol. The molecule has 1 aromatic heterocycles. The van der Waals surface area contributed by atoms with Crippen LogP contribution in [0.2, 0.25) is 0 Å². The number of halogens is 1. The predicted octanol–water partition coefficient (Wildman–Crippen LogP) is 1.15. The van der Waals surface area contributed by atoms with E-state index in [1.165, 1.54) is 11.1 Å². The predicted molar refractivity (Wildman–Crippen MR) is 111 cm³/mol. The maximum absolute atomic E-state index is 10.9. The number of hydrogen-bond donors (Lipinski definition) is 2. The number of ether oxygens (including phenoxy) is 1. The molecule has 10 heteroatoms. The molecule has 1 heterocycles. The third-order valence-electron chi connectivity index (χ3n) is 3.07. The first kappa shape index (κ1) is 23.5. The molecule has 0 saturated carbocycles. The molecule has 0 fully saturated rings. The molecule has 1 aromatic rings. The Morgan fingerprint density at radius 2 is 1.92 bits per heavy atom. The van der Waals surface area contributed by atoms with E-state index in [1.807, 2.05) is 6.92 Å². The Morgan fingerprint density at radius 3 is 2.46 bits per heavy atom. The Bertz CT molecular complexity index is 598. The summed E-state index contributed by atoms with van der Waals surface area (Å²) in [5, 5.41) is 7.45. The van der Waals surface area contributed by atoms with Crippen LogP contribution in [0.5, 0.6) is 0 Å². The normalized spacial score (nSPS) is 11.9. The van der Waals surface area contributed by atoms with Crippen molar-refractivity contribution >= 4 is 51.1 Å². The molecule has 0 aromatic carbocycles. The van der Waals surface area contributed by atoms with Gasteiger partial charge in [0, 0.05) is 37.7 Å². The average Bonchev–Trinajstić information content (AvgIpc) is 2.78. The van der Waals surface area contributed by atoms with E-state index >= 15 is 0 Å². The number of nitrogens with zero attached hydrogens (tertiary/aromatic N) is 2. The number of aryl methyl sites for hydroxylation is 2. The van der Waals surface area contributed by atoms with Crippen molar-refractivity contribution in [2.75, 3.05) is 45.4 Å². The Labute approximate surface area is 165 Å². The molecule has 1 rings (SSSR count). The molecule has 140 valence electrons. The molecule has 0 bridgehead atoms. The molecule has 0 radical (unpaired) electrons. The standard InChI is InChI=1S/C14H26N4O3S2.HI/c1-11-12(2)22-13(18-11)5-6-16-14(15-3)17-7-8-21-9-10-23(4,19)20;/h5-10H2,1-4H3,(H2,15,16,17);1H. The molecule has 7 nitrogen and oxygen atoms in total. The number of sulfone groups is 1. The molecule has 0 amide bonds. The summed E-state index contributed by atoms with van der Waals surface area (Å²) in [6.07, 6.45) is 2.05. The first-order chi connectivity index (χ1) is 10.8. The van der Waals surface area contributed by atoms with Crippen LogP contribution in [0.4, 0.5) is 0 Å². The van der Waals surface area contributed by atoms with E-state index in [1.54, 1.807) is 18.4 Å². The van der Waals surface area contributed by atoms with Crippen molar-refractivity contribution < 1.29 is 13.2 Å². The minimum absolute atomic E-state index is 0. The number of thiazole rings is 1. The van der Waals surface area contributed by atoms with Gasteiger partial charge in [-0.1, -0.05) is 0 Å². The topological polar surface area (TPSA) is 92.7 Å². The molecule has 24 heavy (non-hydrogen) atoms. The molecule has 0 unspecified atom stereocenters. The fourth-order valence-corrected chi connectivity index (χ4v) is 3.06.